The van der Waals surface area contributed by atoms with E-state index >= 15 is 0 Å². The molecule has 0 atom stereocenters. The lowest BCUT2D eigenvalue weighted by molar-refractivity contribution is 0.200. The fourth-order valence-electron chi connectivity index (χ4n) is 1.67. The molecular weight excluding hydrogens is 260 g/mol. The number of methoxy groups -OCH3 is 1. The van der Waals surface area contributed by atoms with Gasteiger partial charge in [-0.15, -0.1) is 10.2 Å². The molecule has 2 rings (SSSR count). The number of aryl methyl sites for hydroxylation is 1. The molecule has 1 aromatic carbocycles. The van der Waals surface area contributed by atoms with E-state index in [9.17, 15) is 0 Å². The summed E-state index contributed by atoms with van der Waals surface area (Å²) in [6.07, 6.45) is 1.67. The maximum atomic E-state index is 5.94. The van der Waals surface area contributed by atoms with Crippen molar-refractivity contribution in [3.05, 3.63) is 41.7 Å². The third kappa shape index (κ3) is 3.97. The molecule has 19 heavy (non-hydrogen) atoms. The number of hydrogen-bond donors (Lipinski definition) is 1. The van der Waals surface area contributed by atoms with Gasteiger partial charge in [-0.2, -0.15) is 0 Å². The lowest BCUT2D eigenvalue weighted by Gasteiger charge is -2.03. The van der Waals surface area contributed by atoms with Gasteiger partial charge in [-0.05, 0) is 12.0 Å². The minimum atomic E-state index is 0.601. The van der Waals surface area contributed by atoms with E-state index in [4.69, 9.17) is 10.6 Å². The highest BCUT2D eigenvalue weighted by Crippen LogP contribution is 2.16. The van der Waals surface area contributed by atoms with Crippen LogP contribution in [0.1, 0.15) is 11.4 Å². The van der Waals surface area contributed by atoms with Crippen LogP contribution in [0.25, 0.3) is 0 Å². The highest BCUT2D eigenvalue weighted by atomic mass is 32.2. The van der Waals surface area contributed by atoms with Gasteiger partial charge in [0.1, 0.15) is 0 Å². The zero-order valence-electron chi connectivity index (χ0n) is 11.0. The topological polar surface area (TPSA) is 66.0 Å². The number of nitrogens with two attached hydrogens (primary N) is 1. The second-order valence-corrected chi connectivity index (χ2v) is 5.16. The summed E-state index contributed by atoms with van der Waals surface area (Å²) in [6.45, 7) is 0.601. The molecule has 2 N–H and O–H groups in total. The summed E-state index contributed by atoms with van der Waals surface area (Å²) in [5.74, 6) is 7.63. The lowest BCUT2D eigenvalue weighted by atomic mass is 10.2. The van der Waals surface area contributed by atoms with Crippen molar-refractivity contribution in [1.82, 2.24) is 14.9 Å². The largest absolute Gasteiger partial charge is 0.384 e. The van der Waals surface area contributed by atoms with Gasteiger partial charge in [0, 0.05) is 19.3 Å². The van der Waals surface area contributed by atoms with E-state index in [1.807, 2.05) is 18.2 Å². The number of aromatic nitrogens is 3. The molecule has 0 bridgehead atoms. The van der Waals surface area contributed by atoms with Gasteiger partial charge >= 0.3 is 0 Å². The molecule has 0 spiro atoms. The molecule has 0 aliphatic heterocycles. The van der Waals surface area contributed by atoms with E-state index in [0.717, 1.165) is 23.2 Å². The van der Waals surface area contributed by atoms with Crippen molar-refractivity contribution in [3.63, 3.8) is 0 Å². The number of nitrogen functional groups attached to an aromatic ring is 1. The molecule has 6 heteroatoms. The minimum absolute atomic E-state index is 0.601. The molecular formula is C13H18N4OS. The number of rotatable bonds is 7. The Hall–Kier alpha value is -1.53. The number of thioether (sulfide) groups is 1. The molecule has 5 nitrogen and oxygen atoms in total. The van der Waals surface area contributed by atoms with Crippen molar-refractivity contribution >= 4 is 11.8 Å². The Morgan fingerprint density at radius 3 is 2.74 bits per heavy atom. The van der Waals surface area contributed by atoms with E-state index in [2.05, 4.69) is 22.3 Å². The number of benzene rings is 1. The van der Waals surface area contributed by atoms with Crippen LogP contribution >= 0.6 is 11.8 Å². The Bertz CT molecular complexity index is 501. The van der Waals surface area contributed by atoms with E-state index in [1.165, 1.54) is 5.56 Å². The zero-order chi connectivity index (χ0) is 13.5. The van der Waals surface area contributed by atoms with Crippen molar-refractivity contribution in [2.24, 2.45) is 0 Å². The molecule has 0 aliphatic carbocycles. The quantitative estimate of drug-likeness (QED) is 0.614. The predicted molar refractivity (Wildman–Crippen MR) is 76.6 cm³/mol. The molecule has 2 aromatic rings. The van der Waals surface area contributed by atoms with Crippen LogP contribution in [0.4, 0.5) is 0 Å². The normalized spacial score (nSPS) is 10.8. The fraction of sp³-hybridized carbons (Fsp3) is 0.385. The highest BCUT2D eigenvalue weighted by molar-refractivity contribution is 7.99. The molecule has 0 saturated heterocycles. The van der Waals surface area contributed by atoms with Crippen LogP contribution in [-0.2, 0) is 17.6 Å². The molecule has 102 valence electrons. The summed E-state index contributed by atoms with van der Waals surface area (Å²) in [6, 6.07) is 10.4. The smallest absolute Gasteiger partial charge is 0.209 e. The van der Waals surface area contributed by atoms with Crippen molar-refractivity contribution in [3.8, 4) is 0 Å². The van der Waals surface area contributed by atoms with Crippen LogP contribution < -0.4 is 5.84 Å². The van der Waals surface area contributed by atoms with Gasteiger partial charge in [-0.1, -0.05) is 42.1 Å². The van der Waals surface area contributed by atoms with E-state index in [0.29, 0.717) is 13.0 Å². The van der Waals surface area contributed by atoms with Crippen molar-refractivity contribution in [2.45, 2.75) is 18.0 Å². The van der Waals surface area contributed by atoms with Gasteiger partial charge in [-0.3, -0.25) is 0 Å². The maximum Gasteiger partial charge on any atom is 0.209 e. The molecule has 0 aliphatic rings. The number of nitrogens with zero attached hydrogens (tertiary/aromatic N) is 3. The number of ether oxygens (including phenoxy) is 1. The van der Waals surface area contributed by atoms with E-state index in [1.54, 1.807) is 23.5 Å². The van der Waals surface area contributed by atoms with Gasteiger partial charge in [0.15, 0.2) is 5.82 Å². The van der Waals surface area contributed by atoms with Gasteiger partial charge in [-0.25, -0.2) is 4.68 Å². The molecule has 0 radical (unpaired) electrons. The third-order valence-electron chi connectivity index (χ3n) is 2.73. The fourth-order valence-corrected chi connectivity index (χ4v) is 2.54. The van der Waals surface area contributed by atoms with Crippen molar-refractivity contribution < 1.29 is 4.74 Å². The summed E-state index contributed by atoms with van der Waals surface area (Å²) in [4.78, 5) is 0. The first kappa shape index (κ1) is 13.9. The summed E-state index contributed by atoms with van der Waals surface area (Å²) >= 11 is 1.62. The lowest BCUT2D eigenvalue weighted by Crippen LogP contribution is -2.15. The van der Waals surface area contributed by atoms with Gasteiger partial charge in [0.2, 0.25) is 5.16 Å². The van der Waals surface area contributed by atoms with Crippen molar-refractivity contribution in [2.75, 3.05) is 25.3 Å². The SMILES string of the molecule is COCCc1nnc(SCCc2ccccc2)n1N. The molecule has 0 fully saturated rings. The summed E-state index contributed by atoms with van der Waals surface area (Å²) in [5, 5.41) is 8.91. The third-order valence-corrected chi connectivity index (χ3v) is 3.67. The van der Waals surface area contributed by atoms with E-state index < -0.39 is 0 Å². The Kier molecular flexibility index (Phi) is 5.23. The maximum absolute atomic E-state index is 5.94. The first-order valence-corrected chi connectivity index (χ1v) is 7.15. The van der Waals surface area contributed by atoms with Crippen molar-refractivity contribution in [1.29, 1.82) is 0 Å². The molecule has 0 saturated carbocycles. The summed E-state index contributed by atoms with van der Waals surface area (Å²) < 4.78 is 6.56. The second kappa shape index (κ2) is 7.16. The first-order chi connectivity index (χ1) is 9.31. The van der Waals surface area contributed by atoms with Crippen LogP contribution in [0.5, 0.6) is 0 Å². The molecule has 1 heterocycles. The second-order valence-electron chi connectivity index (χ2n) is 4.10. The van der Waals surface area contributed by atoms with Crippen LogP contribution in [-0.4, -0.2) is 34.3 Å². The van der Waals surface area contributed by atoms with Crippen LogP contribution in [0, 0.1) is 0 Å². The average Bonchev–Trinajstić information content (AvgIpc) is 2.79. The van der Waals surface area contributed by atoms with Crippen LogP contribution in [0.2, 0.25) is 0 Å². The van der Waals surface area contributed by atoms with Gasteiger partial charge in [0.05, 0.1) is 6.61 Å². The Labute approximate surface area is 117 Å². The average molecular weight is 278 g/mol. The first-order valence-electron chi connectivity index (χ1n) is 6.16. The minimum Gasteiger partial charge on any atom is -0.384 e. The predicted octanol–water partition coefficient (Wildman–Crippen LogP) is 1.52. The molecule has 0 amide bonds. The Morgan fingerprint density at radius 2 is 2.00 bits per heavy atom. The zero-order valence-corrected chi connectivity index (χ0v) is 11.8. The monoisotopic (exact) mass is 278 g/mol. The van der Waals surface area contributed by atoms with Gasteiger partial charge in [0.25, 0.3) is 0 Å². The Balaban J connectivity index is 1.84. The van der Waals surface area contributed by atoms with Crippen LogP contribution in [0.15, 0.2) is 35.5 Å². The van der Waals surface area contributed by atoms with Crippen LogP contribution in [0.3, 0.4) is 0 Å². The number of hydrogen-bond acceptors (Lipinski definition) is 5. The molecule has 1 aromatic heterocycles. The standard InChI is InChI=1S/C13H18N4OS/c1-18-9-7-12-15-16-13(17(12)14)19-10-8-11-5-3-2-4-6-11/h2-6H,7-10,14H2,1H3. The van der Waals surface area contributed by atoms with Gasteiger partial charge < -0.3 is 10.6 Å². The molecule has 0 unspecified atom stereocenters. The highest BCUT2D eigenvalue weighted by Gasteiger charge is 2.09. The Morgan fingerprint density at radius 1 is 1.21 bits per heavy atom. The summed E-state index contributed by atoms with van der Waals surface area (Å²) in [7, 11) is 1.66. The van der Waals surface area contributed by atoms with E-state index in [-0.39, 0.29) is 0 Å². The summed E-state index contributed by atoms with van der Waals surface area (Å²) in [5.41, 5.74) is 1.32.